The first kappa shape index (κ1) is 9.77. The number of ether oxygens (including phenoxy) is 1. The molecule has 3 nitrogen and oxygen atoms in total. The molecule has 1 aliphatic heterocycles. The van der Waals surface area contributed by atoms with Gasteiger partial charge in [0.05, 0.1) is 6.04 Å². The molecule has 2 heterocycles. The predicted molar refractivity (Wildman–Crippen MR) is 59.9 cm³/mol. The van der Waals surface area contributed by atoms with Crippen molar-refractivity contribution in [3.8, 4) is 6.01 Å². The Hall–Kier alpha value is -1.77. The lowest BCUT2D eigenvalue weighted by atomic mass is 10.1. The van der Waals surface area contributed by atoms with Gasteiger partial charge in [-0.3, -0.25) is 4.57 Å². The van der Waals surface area contributed by atoms with Gasteiger partial charge < -0.3 is 4.74 Å². The normalized spacial score (nSPS) is 20.3. The zero-order chi connectivity index (χ0) is 10.7. The van der Waals surface area contributed by atoms with Crippen LogP contribution in [0.5, 0.6) is 6.01 Å². The number of aromatic nitrogens is 2. The maximum absolute atomic E-state index is 5.45. The van der Waals surface area contributed by atoms with E-state index in [1.807, 2.05) is 22.9 Å². The van der Waals surface area contributed by atoms with Crippen molar-refractivity contribution in [1.29, 1.82) is 0 Å². The Morgan fingerprint density at radius 3 is 3.33 bits per heavy atom. The second kappa shape index (κ2) is 4.17. The third-order valence-corrected chi connectivity index (χ3v) is 2.47. The van der Waals surface area contributed by atoms with E-state index in [-0.39, 0.29) is 6.04 Å². The van der Waals surface area contributed by atoms with Crippen LogP contribution in [0.2, 0.25) is 0 Å². The van der Waals surface area contributed by atoms with Crippen molar-refractivity contribution >= 4 is 0 Å². The molecule has 0 spiro atoms. The maximum Gasteiger partial charge on any atom is 0.296 e. The molecule has 0 N–H and O–H groups in total. The molecule has 0 amide bonds. The van der Waals surface area contributed by atoms with Gasteiger partial charge in [-0.05, 0) is 12.5 Å². The first-order chi connectivity index (χ1) is 7.33. The number of hydrogen-bond acceptors (Lipinski definition) is 2. The number of fused-ring (bicyclic) bond motifs is 1. The number of hydrogen-bond donors (Lipinski definition) is 0. The summed E-state index contributed by atoms with van der Waals surface area (Å²) in [4.78, 5) is 4.11. The smallest absolute Gasteiger partial charge is 0.296 e. The average Bonchev–Trinajstić information content (AvgIpc) is 2.78. The average molecular weight is 202 g/mol. The van der Waals surface area contributed by atoms with Gasteiger partial charge in [-0.15, -0.1) is 0 Å². The Morgan fingerprint density at radius 1 is 1.67 bits per heavy atom. The van der Waals surface area contributed by atoms with Gasteiger partial charge >= 0.3 is 0 Å². The molecule has 1 aromatic rings. The highest BCUT2D eigenvalue weighted by Crippen LogP contribution is 2.28. The minimum atomic E-state index is 0.275. The Balaban J connectivity index is 2.16. The molecule has 1 aromatic heterocycles. The Bertz CT molecular complexity index is 415. The van der Waals surface area contributed by atoms with Crippen molar-refractivity contribution < 1.29 is 4.74 Å². The van der Waals surface area contributed by atoms with E-state index in [1.165, 1.54) is 5.57 Å². The van der Waals surface area contributed by atoms with Gasteiger partial charge in [-0.1, -0.05) is 30.9 Å². The molecule has 0 fully saturated rings. The highest BCUT2D eigenvalue weighted by molar-refractivity contribution is 5.21. The molecule has 0 bridgehead atoms. The Kier molecular flexibility index (Phi) is 2.72. The fraction of sp³-hybridized carbons (Fsp3) is 0.250. The SMILES string of the molecule is C=C/C=C\C=C(/C)C1COc2nccn21. The summed E-state index contributed by atoms with van der Waals surface area (Å²) in [6.45, 7) is 6.39. The summed E-state index contributed by atoms with van der Waals surface area (Å²) >= 11 is 0. The molecule has 0 radical (unpaired) electrons. The molecular weight excluding hydrogens is 188 g/mol. The van der Waals surface area contributed by atoms with Crippen LogP contribution < -0.4 is 4.74 Å². The molecule has 2 rings (SSSR count). The molecule has 1 atom stereocenters. The zero-order valence-corrected chi connectivity index (χ0v) is 8.76. The van der Waals surface area contributed by atoms with Gasteiger partial charge in [0, 0.05) is 12.4 Å². The van der Waals surface area contributed by atoms with Crippen molar-refractivity contribution in [2.24, 2.45) is 0 Å². The number of rotatable bonds is 3. The van der Waals surface area contributed by atoms with Crippen molar-refractivity contribution in [1.82, 2.24) is 9.55 Å². The van der Waals surface area contributed by atoms with Crippen LogP contribution >= 0.6 is 0 Å². The monoisotopic (exact) mass is 202 g/mol. The van der Waals surface area contributed by atoms with E-state index < -0.39 is 0 Å². The Morgan fingerprint density at radius 2 is 2.53 bits per heavy atom. The minimum Gasteiger partial charge on any atom is -0.462 e. The van der Waals surface area contributed by atoms with Crippen molar-refractivity contribution in [3.05, 3.63) is 48.8 Å². The number of allylic oxidation sites excluding steroid dienone is 4. The maximum atomic E-state index is 5.45. The van der Waals surface area contributed by atoms with Crippen LogP contribution in [-0.4, -0.2) is 16.2 Å². The fourth-order valence-electron chi connectivity index (χ4n) is 1.63. The lowest BCUT2D eigenvalue weighted by molar-refractivity contribution is 0.330. The van der Waals surface area contributed by atoms with Crippen LogP contribution in [0.25, 0.3) is 0 Å². The predicted octanol–water partition coefficient (Wildman–Crippen LogP) is 2.51. The number of imidazole rings is 1. The Labute approximate surface area is 89.4 Å². The summed E-state index contributed by atoms with van der Waals surface area (Å²) in [6, 6.07) is 0.984. The van der Waals surface area contributed by atoms with E-state index in [2.05, 4.69) is 24.6 Å². The molecule has 1 unspecified atom stereocenters. The van der Waals surface area contributed by atoms with Gasteiger partial charge in [-0.2, -0.15) is 0 Å². The van der Waals surface area contributed by atoms with Crippen LogP contribution in [0.4, 0.5) is 0 Å². The van der Waals surface area contributed by atoms with Crippen LogP contribution in [0.1, 0.15) is 13.0 Å². The van der Waals surface area contributed by atoms with Crippen LogP contribution in [0, 0.1) is 0 Å². The summed E-state index contributed by atoms with van der Waals surface area (Å²) in [5, 5.41) is 0. The molecule has 78 valence electrons. The highest BCUT2D eigenvalue weighted by atomic mass is 16.5. The molecule has 0 aliphatic carbocycles. The van der Waals surface area contributed by atoms with E-state index in [0.717, 1.165) is 0 Å². The molecule has 15 heavy (non-hydrogen) atoms. The highest BCUT2D eigenvalue weighted by Gasteiger charge is 2.24. The zero-order valence-electron chi connectivity index (χ0n) is 8.76. The third kappa shape index (κ3) is 1.86. The largest absolute Gasteiger partial charge is 0.462 e. The van der Waals surface area contributed by atoms with Crippen LogP contribution in [-0.2, 0) is 0 Å². The second-order valence-corrected chi connectivity index (χ2v) is 3.48. The molecular formula is C12H14N2O. The van der Waals surface area contributed by atoms with Gasteiger partial charge in [0.2, 0.25) is 0 Å². The standard InChI is InChI=1S/C12H14N2O/c1-3-4-5-6-10(2)11-9-15-12-13-7-8-14(11)12/h3-8,11H,1,9H2,2H3/b5-4-,10-6+. The van der Waals surface area contributed by atoms with Gasteiger partial charge in [0.25, 0.3) is 6.01 Å². The second-order valence-electron chi connectivity index (χ2n) is 3.48. The summed E-state index contributed by atoms with van der Waals surface area (Å²) in [7, 11) is 0. The van der Waals surface area contributed by atoms with E-state index in [1.54, 1.807) is 12.3 Å². The topological polar surface area (TPSA) is 27.1 Å². The summed E-state index contributed by atoms with van der Waals surface area (Å²) < 4.78 is 7.49. The van der Waals surface area contributed by atoms with E-state index >= 15 is 0 Å². The first-order valence-electron chi connectivity index (χ1n) is 4.94. The van der Waals surface area contributed by atoms with E-state index in [9.17, 15) is 0 Å². The minimum absolute atomic E-state index is 0.275. The van der Waals surface area contributed by atoms with Gasteiger partial charge in [0.1, 0.15) is 6.61 Å². The lowest BCUT2D eigenvalue weighted by Gasteiger charge is -2.09. The first-order valence-corrected chi connectivity index (χ1v) is 4.94. The lowest BCUT2D eigenvalue weighted by Crippen LogP contribution is -2.07. The molecule has 0 aromatic carbocycles. The van der Waals surface area contributed by atoms with E-state index in [0.29, 0.717) is 12.6 Å². The molecule has 3 heteroatoms. The molecule has 1 aliphatic rings. The molecule has 0 saturated carbocycles. The summed E-state index contributed by atoms with van der Waals surface area (Å²) in [6.07, 6.45) is 11.4. The molecule has 0 saturated heterocycles. The van der Waals surface area contributed by atoms with Crippen LogP contribution in [0.3, 0.4) is 0 Å². The van der Waals surface area contributed by atoms with E-state index in [4.69, 9.17) is 4.74 Å². The van der Waals surface area contributed by atoms with Crippen LogP contribution in [0.15, 0.2) is 48.8 Å². The quantitative estimate of drug-likeness (QED) is 0.704. The van der Waals surface area contributed by atoms with Crippen molar-refractivity contribution in [2.45, 2.75) is 13.0 Å². The number of nitrogens with zero attached hydrogens (tertiary/aromatic N) is 2. The summed E-state index contributed by atoms with van der Waals surface area (Å²) in [5.41, 5.74) is 1.25. The van der Waals surface area contributed by atoms with Gasteiger partial charge in [0.15, 0.2) is 0 Å². The third-order valence-electron chi connectivity index (χ3n) is 2.47. The van der Waals surface area contributed by atoms with Crippen molar-refractivity contribution in [2.75, 3.05) is 6.61 Å². The fourth-order valence-corrected chi connectivity index (χ4v) is 1.63. The summed E-state index contributed by atoms with van der Waals surface area (Å²) in [5.74, 6) is 0. The van der Waals surface area contributed by atoms with Crippen molar-refractivity contribution in [3.63, 3.8) is 0 Å². The van der Waals surface area contributed by atoms with Gasteiger partial charge in [-0.25, -0.2) is 4.98 Å².